The zero-order valence-corrected chi connectivity index (χ0v) is 16.2. The lowest BCUT2D eigenvalue weighted by atomic mass is 10.1. The normalized spacial score (nSPS) is 10.5. The lowest BCUT2D eigenvalue weighted by Crippen LogP contribution is -2.24. The molecule has 0 radical (unpaired) electrons. The SMILES string of the molecule is CCOC(=O)CCCCCCCCCCNC(=O)c1ccc(S)cc1. The molecule has 1 aromatic carbocycles. The van der Waals surface area contributed by atoms with E-state index in [2.05, 4.69) is 17.9 Å². The maximum atomic E-state index is 11.9. The van der Waals surface area contributed by atoms with Gasteiger partial charge in [0.05, 0.1) is 6.61 Å². The van der Waals surface area contributed by atoms with Crippen molar-refractivity contribution in [3.63, 3.8) is 0 Å². The van der Waals surface area contributed by atoms with Crippen molar-refractivity contribution < 1.29 is 14.3 Å². The first kappa shape index (κ1) is 21.6. The van der Waals surface area contributed by atoms with Crippen molar-refractivity contribution in [1.82, 2.24) is 5.32 Å². The first-order chi connectivity index (χ1) is 12.1. The third kappa shape index (κ3) is 10.9. The Bertz CT molecular complexity index is 502. The zero-order chi connectivity index (χ0) is 18.3. The standard InChI is InChI=1S/C20H31NO3S/c1-2-24-19(22)11-9-7-5-3-4-6-8-10-16-21-20(23)17-12-14-18(25)15-13-17/h12-15,25H,2-11,16H2,1H3,(H,21,23). The van der Waals surface area contributed by atoms with Crippen LogP contribution in [0.3, 0.4) is 0 Å². The van der Waals surface area contributed by atoms with Crippen molar-refractivity contribution in [2.75, 3.05) is 13.2 Å². The molecule has 0 atom stereocenters. The van der Waals surface area contributed by atoms with Crippen molar-refractivity contribution in [3.05, 3.63) is 29.8 Å². The summed E-state index contributed by atoms with van der Waals surface area (Å²) in [7, 11) is 0. The van der Waals surface area contributed by atoms with Gasteiger partial charge in [-0.25, -0.2) is 0 Å². The summed E-state index contributed by atoms with van der Waals surface area (Å²) < 4.78 is 4.90. The predicted octanol–water partition coefficient (Wildman–Crippen LogP) is 4.78. The molecule has 0 bridgehead atoms. The van der Waals surface area contributed by atoms with Crippen LogP contribution in [0.15, 0.2) is 29.2 Å². The minimum atomic E-state index is -0.0777. The van der Waals surface area contributed by atoms with Gasteiger partial charge in [0, 0.05) is 23.4 Å². The van der Waals surface area contributed by atoms with Crippen LogP contribution < -0.4 is 5.32 Å². The summed E-state index contributed by atoms with van der Waals surface area (Å²) in [5.41, 5.74) is 0.681. The van der Waals surface area contributed by atoms with Gasteiger partial charge in [-0.2, -0.15) is 0 Å². The molecule has 5 heteroatoms. The van der Waals surface area contributed by atoms with E-state index in [0.717, 1.165) is 37.1 Å². The minimum Gasteiger partial charge on any atom is -0.466 e. The Kier molecular flexibility index (Phi) is 11.9. The highest BCUT2D eigenvalue weighted by atomic mass is 32.1. The van der Waals surface area contributed by atoms with Crippen molar-refractivity contribution in [1.29, 1.82) is 0 Å². The molecule has 0 unspecified atom stereocenters. The Morgan fingerprint density at radius 1 is 0.920 bits per heavy atom. The van der Waals surface area contributed by atoms with Crippen molar-refractivity contribution >= 4 is 24.5 Å². The average molecular weight is 366 g/mol. The van der Waals surface area contributed by atoms with Gasteiger partial charge in [-0.05, 0) is 44.0 Å². The summed E-state index contributed by atoms with van der Waals surface area (Å²) >= 11 is 4.21. The van der Waals surface area contributed by atoms with Gasteiger partial charge >= 0.3 is 5.97 Å². The second-order valence-electron chi connectivity index (χ2n) is 6.19. The summed E-state index contributed by atoms with van der Waals surface area (Å²) in [6.45, 7) is 3.03. The molecule has 25 heavy (non-hydrogen) atoms. The fourth-order valence-corrected chi connectivity index (χ4v) is 2.75. The van der Waals surface area contributed by atoms with E-state index >= 15 is 0 Å². The monoisotopic (exact) mass is 365 g/mol. The van der Waals surface area contributed by atoms with Gasteiger partial charge in [0.1, 0.15) is 0 Å². The Hall–Kier alpha value is -1.49. The van der Waals surface area contributed by atoms with E-state index in [1.54, 1.807) is 12.1 Å². The first-order valence-electron chi connectivity index (χ1n) is 9.36. The van der Waals surface area contributed by atoms with Crippen molar-refractivity contribution in [2.24, 2.45) is 0 Å². The largest absolute Gasteiger partial charge is 0.466 e. The van der Waals surface area contributed by atoms with Gasteiger partial charge in [0.2, 0.25) is 0 Å². The number of benzene rings is 1. The van der Waals surface area contributed by atoms with E-state index in [4.69, 9.17) is 4.74 Å². The van der Waals surface area contributed by atoms with Crippen LogP contribution in [0, 0.1) is 0 Å². The fourth-order valence-electron chi connectivity index (χ4n) is 2.60. The minimum absolute atomic E-state index is 0.0186. The average Bonchev–Trinajstić information content (AvgIpc) is 2.60. The third-order valence-electron chi connectivity index (χ3n) is 4.03. The zero-order valence-electron chi connectivity index (χ0n) is 15.3. The van der Waals surface area contributed by atoms with Crippen LogP contribution in [0.4, 0.5) is 0 Å². The number of rotatable bonds is 13. The number of nitrogens with one attached hydrogen (secondary N) is 1. The highest BCUT2D eigenvalue weighted by Gasteiger charge is 2.04. The maximum absolute atomic E-state index is 11.9. The molecule has 0 aliphatic rings. The number of amides is 1. The quantitative estimate of drug-likeness (QED) is 0.300. The Morgan fingerprint density at radius 2 is 1.48 bits per heavy atom. The van der Waals surface area contributed by atoms with E-state index in [9.17, 15) is 9.59 Å². The lowest BCUT2D eigenvalue weighted by Gasteiger charge is -2.06. The number of esters is 1. The van der Waals surface area contributed by atoms with Crippen LogP contribution in [0.2, 0.25) is 0 Å². The second-order valence-corrected chi connectivity index (χ2v) is 6.70. The Labute approximate surface area is 157 Å². The van der Waals surface area contributed by atoms with E-state index in [1.807, 2.05) is 19.1 Å². The summed E-state index contributed by atoms with van der Waals surface area (Å²) in [4.78, 5) is 23.9. The second kappa shape index (κ2) is 13.8. The molecule has 0 saturated carbocycles. The predicted molar refractivity (Wildman–Crippen MR) is 104 cm³/mol. The maximum Gasteiger partial charge on any atom is 0.305 e. The summed E-state index contributed by atoms with van der Waals surface area (Å²) in [5, 5.41) is 2.95. The molecule has 0 aliphatic carbocycles. The number of hydrogen-bond donors (Lipinski definition) is 2. The Balaban J connectivity index is 1.89. The lowest BCUT2D eigenvalue weighted by molar-refractivity contribution is -0.143. The van der Waals surface area contributed by atoms with Gasteiger partial charge < -0.3 is 10.1 Å². The highest BCUT2D eigenvalue weighted by molar-refractivity contribution is 7.80. The number of thiol groups is 1. The van der Waals surface area contributed by atoms with Gasteiger partial charge in [-0.15, -0.1) is 12.6 Å². The van der Waals surface area contributed by atoms with Crippen molar-refractivity contribution in [3.8, 4) is 0 Å². The van der Waals surface area contributed by atoms with Gasteiger partial charge in [-0.3, -0.25) is 9.59 Å². The molecular formula is C20H31NO3S. The molecule has 0 heterocycles. The number of carbonyl (C=O) groups excluding carboxylic acids is 2. The summed E-state index contributed by atoms with van der Waals surface area (Å²) in [6, 6.07) is 7.23. The van der Waals surface area contributed by atoms with Crippen LogP contribution in [-0.2, 0) is 9.53 Å². The Morgan fingerprint density at radius 3 is 2.08 bits per heavy atom. The van der Waals surface area contributed by atoms with Crippen molar-refractivity contribution in [2.45, 2.75) is 69.6 Å². The molecule has 0 spiro atoms. The number of ether oxygens (including phenoxy) is 1. The molecule has 0 saturated heterocycles. The van der Waals surface area contributed by atoms with E-state index < -0.39 is 0 Å². The van der Waals surface area contributed by atoms with Gasteiger partial charge in [-0.1, -0.05) is 38.5 Å². The fraction of sp³-hybridized carbons (Fsp3) is 0.600. The molecule has 1 aromatic rings. The molecule has 1 rings (SSSR count). The van der Waals surface area contributed by atoms with Crippen LogP contribution in [-0.4, -0.2) is 25.0 Å². The topological polar surface area (TPSA) is 55.4 Å². The van der Waals surface area contributed by atoms with E-state index in [0.29, 0.717) is 18.6 Å². The third-order valence-corrected chi connectivity index (χ3v) is 4.33. The summed E-state index contributed by atoms with van der Waals surface area (Å²) in [5.74, 6) is -0.0963. The molecule has 0 aromatic heterocycles. The molecule has 0 fully saturated rings. The molecule has 4 nitrogen and oxygen atoms in total. The van der Waals surface area contributed by atoms with Crippen LogP contribution >= 0.6 is 12.6 Å². The number of carbonyl (C=O) groups is 2. The molecular weight excluding hydrogens is 334 g/mol. The van der Waals surface area contributed by atoms with E-state index in [-0.39, 0.29) is 11.9 Å². The smallest absolute Gasteiger partial charge is 0.305 e. The molecule has 0 aliphatic heterocycles. The molecule has 1 amide bonds. The summed E-state index contributed by atoms with van der Waals surface area (Å²) in [6.07, 6.45) is 9.53. The molecule has 1 N–H and O–H groups in total. The highest BCUT2D eigenvalue weighted by Crippen LogP contribution is 2.10. The molecule has 140 valence electrons. The number of unbranched alkanes of at least 4 members (excludes halogenated alkanes) is 7. The van der Waals surface area contributed by atoms with E-state index in [1.165, 1.54) is 25.7 Å². The van der Waals surface area contributed by atoms with Gasteiger partial charge in [0.15, 0.2) is 0 Å². The first-order valence-corrected chi connectivity index (χ1v) is 9.81. The van der Waals surface area contributed by atoms with Gasteiger partial charge in [0.25, 0.3) is 5.91 Å². The van der Waals surface area contributed by atoms with Crippen LogP contribution in [0.5, 0.6) is 0 Å². The van der Waals surface area contributed by atoms with Crippen LogP contribution in [0.25, 0.3) is 0 Å². The van der Waals surface area contributed by atoms with Crippen LogP contribution in [0.1, 0.15) is 75.1 Å². The number of hydrogen-bond acceptors (Lipinski definition) is 4.